The lowest BCUT2D eigenvalue weighted by atomic mass is 10.1. The fourth-order valence-electron chi connectivity index (χ4n) is 0.709. The molecule has 0 aliphatic heterocycles. The summed E-state index contributed by atoms with van der Waals surface area (Å²) in [6.07, 6.45) is 2.28. The fraction of sp³-hybridized carbons (Fsp3) is 0.571. The van der Waals surface area contributed by atoms with Gasteiger partial charge >= 0.3 is 0 Å². The van der Waals surface area contributed by atoms with Crippen LogP contribution >= 0.6 is 0 Å². The first-order valence-electron chi connectivity index (χ1n) is 3.28. The van der Waals surface area contributed by atoms with E-state index in [1.165, 1.54) is 12.7 Å². The Hall–Kier alpha value is -0.830. The van der Waals surface area contributed by atoms with Crippen molar-refractivity contribution in [2.24, 2.45) is 5.92 Å². The molecule has 0 saturated heterocycles. The molecule has 0 amide bonds. The molecule has 1 atom stereocenters. The molecule has 0 saturated carbocycles. The van der Waals surface area contributed by atoms with E-state index >= 15 is 0 Å². The van der Waals surface area contributed by atoms with Gasteiger partial charge in [-0.25, -0.2) is 4.98 Å². The number of aliphatic hydroxyl groups is 1. The minimum absolute atomic E-state index is 0.185. The number of nitrogens with zero attached hydrogens (tertiary/aromatic N) is 1. The van der Waals surface area contributed by atoms with Crippen LogP contribution in [0.1, 0.15) is 25.6 Å². The topological polar surface area (TPSA) is 46.3 Å². The molecule has 3 heteroatoms. The Morgan fingerprint density at radius 1 is 1.60 bits per heavy atom. The van der Waals surface area contributed by atoms with Gasteiger partial charge in [-0.2, -0.15) is 0 Å². The van der Waals surface area contributed by atoms with Crippen molar-refractivity contribution in [3.05, 3.63) is 18.4 Å². The first kappa shape index (κ1) is 7.28. The van der Waals surface area contributed by atoms with E-state index in [0.29, 0.717) is 5.69 Å². The van der Waals surface area contributed by atoms with Crippen molar-refractivity contribution < 1.29 is 9.52 Å². The molecule has 3 nitrogen and oxygen atoms in total. The Kier molecular flexibility index (Phi) is 2.06. The maximum Gasteiger partial charge on any atom is 0.180 e. The van der Waals surface area contributed by atoms with Crippen molar-refractivity contribution >= 4 is 0 Å². The number of oxazole rings is 1. The summed E-state index contributed by atoms with van der Waals surface area (Å²) in [5, 5.41) is 9.36. The number of aromatic nitrogens is 1. The van der Waals surface area contributed by atoms with Crippen LogP contribution < -0.4 is 0 Å². The van der Waals surface area contributed by atoms with Gasteiger partial charge in [0.1, 0.15) is 18.1 Å². The molecular weight excluding hydrogens is 130 g/mol. The van der Waals surface area contributed by atoms with Crippen LogP contribution in [0.25, 0.3) is 0 Å². The maximum absolute atomic E-state index is 9.36. The number of hydrogen-bond acceptors (Lipinski definition) is 3. The molecule has 0 radical (unpaired) electrons. The second-order valence-corrected chi connectivity index (χ2v) is 2.60. The maximum atomic E-state index is 9.36. The summed E-state index contributed by atoms with van der Waals surface area (Å²) in [7, 11) is 0. The van der Waals surface area contributed by atoms with E-state index in [9.17, 15) is 5.11 Å². The van der Waals surface area contributed by atoms with Crippen LogP contribution in [0.3, 0.4) is 0 Å². The predicted molar refractivity (Wildman–Crippen MR) is 36.3 cm³/mol. The molecule has 1 aromatic heterocycles. The molecule has 1 unspecified atom stereocenters. The summed E-state index contributed by atoms with van der Waals surface area (Å²) in [4.78, 5) is 3.82. The van der Waals surface area contributed by atoms with Gasteiger partial charge in [0.25, 0.3) is 0 Å². The summed E-state index contributed by atoms with van der Waals surface area (Å²) >= 11 is 0. The third kappa shape index (κ3) is 1.36. The molecule has 56 valence electrons. The molecule has 0 aromatic carbocycles. The van der Waals surface area contributed by atoms with Gasteiger partial charge in [0, 0.05) is 0 Å². The average molecular weight is 141 g/mol. The van der Waals surface area contributed by atoms with Gasteiger partial charge in [0.05, 0.1) is 0 Å². The van der Waals surface area contributed by atoms with Crippen LogP contribution in [0.4, 0.5) is 0 Å². The lowest BCUT2D eigenvalue weighted by Crippen LogP contribution is -2.05. The highest BCUT2D eigenvalue weighted by Gasteiger charge is 2.13. The van der Waals surface area contributed by atoms with Gasteiger partial charge in [-0.1, -0.05) is 13.8 Å². The molecule has 0 spiro atoms. The number of aliphatic hydroxyl groups excluding tert-OH is 1. The number of rotatable bonds is 2. The second-order valence-electron chi connectivity index (χ2n) is 2.60. The van der Waals surface area contributed by atoms with E-state index in [1.807, 2.05) is 13.8 Å². The van der Waals surface area contributed by atoms with E-state index in [0.717, 1.165) is 0 Å². The van der Waals surface area contributed by atoms with Crippen molar-refractivity contribution in [2.45, 2.75) is 20.0 Å². The third-order valence-corrected chi connectivity index (χ3v) is 1.39. The summed E-state index contributed by atoms with van der Waals surface area (Å²) in [5.41, 5.74) is 0.606. The zero-order valence-electron chi connectivity index (χ0n) is 6.11. The minimum atomic E-state index is -0.501. The Bertz CT molecular complexity index is 181. The summed E-state index contributed by atoms with van der Waals surface area (Å²) in [6, 6.07) is 0. The monoisotopic (exact) mass is 141 g/mol. The third-order valence-electron chi connectivity index (χ3n) is 1.39. The Morgan fingerprint density at radius 2 is 2.30 bits per heavy atom. The molecule has 10 heavy (non-hydrogen) atoms. The molecule has 0 fully saturated rings. The molecule has 1 heterocycles. The van der Waals surface area contributed by atoms with Crippen molar-refractivity contribution in [1.29, 1.82) is 0 Å². The second kappa shape index (κ2) is 2.84. The van der Waals surface area contributed by atoms with Crippen LogP contribution in [-0.4, -0.2) is 10.1 Å². The number of hydrogen-bond donors (Lipinski definition) is 1. The van der Waals surface area contributed by atoms with Gasteiger partial charge in [-0.3, -0.25) is 0 Å². The first-order valence-corrected chi connectivity index (χ1v) is 3.28. The van der Waals surface area contributed by atoms with Crippen molar-refractivity contribution in [3.8, 4) is 0 Å². The van der Waals surface area contributed by atoms with Gasteiger partial charge in [-0.15, -0.1) is 0 Å². The minimum Gasteiger partial charge on any atom is -0.451 e. The van der Waals surface area contributed by atoms with Gasteiger partial charge in [-0.05, 0) is 5.92 Å². The van der Waals surface area contributed by atoms with Crippen LogP contribution in [0.15, 0.2) is 17.1 Å². The largest absolute Gasteiger partial charge is 0.451 e. The summed E-state index contributed by atoms with van der Waals surface area (Å²) in [6.45, 7) is 3.86. The standard InChI is InChI=1S/C7H11NO2/c1-5(2)7(9)6-3-10-4-8-6/h3-5,7,9H,1-2H3. The van der Waals surface area contributed by atoms with Crippen LogP contribution in [0.2, 0.25) is 0 Å². The highest BCUT2D eigenvalue weighted by Crippen LogP contribution is 2.18. The summed E-state index contributed by atoms with van der Waals surface area (Å²) < 4.78 is 4.71. The van der Waals surface area contributed by atoms with E-state index in [2.05, 4.69) is 4.98 Å². The Morgan fingerprint density at radius 3 is 2.70 bits per heavy atom. The van der Waals surface area contributed by atoms with Crippen LogP contribution in [0, 0.1) is 5.92 Å². The van der Waals surface area contributed by atoms with Crippen molar-refractivity contribution in [1.82, 2.24) is 4.98 Å². The highest BCUT2D eigenvalue weighted by atomic mass is 16.3. The predicted octanol–water partition coefficient (Wildman–Crippen LogP) is 1.36. The smallest absolute Gasteiger partial charge is 0.180 e. The molecule has 0 aliphatic rings. The normalized spacial score (nSPS) is 14.0. The van der Waals surface area contributed by atoms with E-state index in [-0.39, 0.29) is 5.92 Å². The van der Waals surface area contributed by atoms with Crippen molar-refractivity contribution in [2.75, 3.05) is 0 Å². The van der Waals surface area contributed by atoms with Gasteiger partial charge in [0.2, 0.25) is 0 Å². The average Bonchev–Trinajstić information content (AvgIpc) is 2.36. The first-order chi connectivity index (χ1) is 4.72. The zero-order chi connectivity index (χ0) is 7.56. The molecule has 0 aliphatic carbocycles. The van der Waals surface area contributed by atoms with E-state index in [4.69, 9.17) is 4.42 Å². The quantitative estimate of drug-likeness (QED) is 0.676. The molecule has 1 N–H and O–H groups in total. The lowest BCUT2D eigenvalue weighted by molar-refractivity contribution is 0.122. The SMILES string of the molecule is CC(C)C(O)c1cocn1. The Labute approximate surface area is 59.7 Å². The lowest BCUT2D eigenvalue weighted by Gasteiger charge is -2.09. The van der Waals surface area contributed by atoms with Gasteiger partial charge < -0.3 is 9.52 Å². The van der Waals surface area contributed by atoms with E-state index in [1.54, 1.807) is 0 Å². The van der Waals surface area contributed by atoms with Crippen LogP contribution in [0.5, 0.6) is 0 Å². The summed E-state index contributed by atoms with van der Waals surface area (Å²) in [5.74, 6) is 0.185. The Balaban J connectivity index is 2.68. The highest BCUT2D eigenvalue weighted by molar-refractivity contribution is 4.96. The molecule has 0 bridgehead atoms. The molecule has 1 aromatic rings. The van der Waals surface area contributed by atoms with Crippen molar-refractivity contribution in [3.63, 3.8) is 0 Å². The molecule has 1 rings (SSSR count). The zero-order valence-corrected chi connectivity index (χ0v) is 6.11. The van der Waals surface area contributed by atoms with E-state index < -0.39 is 6.10 Å². The van der Waals surface area contributed by atoms with Crippen LogP contribution in [-0.2, 0) is 0 Å². The fourth-order valence-corrected chi connectivity index (χ4v) is 0.709. The molecular formula is C7H11NO2. The van der Waals surface area contributed by atoms with Gasteiger partial charge in [0.15, 0.2) is 6.39 Å².